The number of esters is 2. The van der Waals surface area contributed by atoms with Crippen molar-refractivity contribution < 1.29 is 19.1 Å². The number of hydrogen-bond donors (Lipinski definition) is 0. The maximum Gasteiger partial charge on any atom is 0.374 e. The van der Waals surface area contributed by atoms with E-state index in [1.54, 1.807) is 0 Å². The first-order chi connectivity index (χ1) is 11.0. The maximum atomic E-state index is 11.7. The summed E-state index contributed by atoms with van der Waals surface area (Å²) in [7, 11) is 4.68. The highest BCUT2D eigenvalue weighted by Gasteiger charge is 2.37. The fraction of sp³-hybridized carbons (Fsp3) is 0.688. The number of carbonyl (C=O) groups excluding carboxylic acids is 2. The minimum atomic E-state index is -0.395. The molecule has 7 nitrogen and oxygen atoms in total. The van der Waals surface area contributed by atoms with Crippen LogP contribution in [0.15, 0.2) is 0 Å². The zero-order valence-electron chi connectivity index (χ0n) is 13.9. The molecule has 1 fully saturated rings. The Labute approximate surface area is 135 Å². The Kier molecular flexibility index (Phi) is 4.39. The van der Waals surface area contributed by atoms with Crippen LogP contribution in [0, 0.1) is 11.8 Å². The number of fused-ring (bicyclic) bond motifs is 1. The van der Waals surface area contributed by atoms with E-state index in [0.29, 0.717) is 11.7 Å². The second kappa shape index (κ2) is 6.31. The number of hydrogen-bond acceptors (Lipinski definition) is 6. The van der Waals surface area contributed by atoms with Crippen molar-refractivity contribution >= 4 is 11.9 Å². The number of methoxy groups -OCH3 is 2. The van der Waals surface area contributed by atoms with Gasteiger partial charge in [0, 0.05) is 33.1 Å². The van der Waals surface area contributed by atoms with Crippen molar-refractivity contribution in [3.63, 3.8) is 0 Å². The zero-order valence-corrected chi connectivity index (χ0v) is 13.9. The van der Waals surface area contributed by atoms with Crippen LogP contribution in [0.5, 0.6) is 0 Å². The molecule has 0 aromatic carbocycles. The van der Waals surface area contributed by atoms with Crippen LogP contribution in [0.1, 0.15) is 34.8 Å². The van der Waals surface area contributed by atoms with Gasteiger partial charge in [-0.25, -0.2) is 9.78 Å². The third kappa shape index (κ3) is 2.97. The van der Waals surface area contributed by atoms with Crippen LogP contribution in [0.4, 0.5) is 0 Å². The van der Waals surface area contributed by atoms with E-state index in [-0.39, 0.29) is 11.9 Å². The monoisotopic (exact) mass is 321 g/mol. The van der Waals surface area contributed by atoms with E-state index in [2.05, 4.69) is 9.88 Å². The van der Waals surface area contributed by atoms with Gasteiger partial charge in [0.25, 0.3) is 0 Å². The van der Waals surface area contributed by atoms with Gasteiger partial charge in [-0.3, -0.25) is 9.69 Å². The van der Waals surface area contributed by atoms with Crippen LogP contribution in [-0.2, 0) is 34.3 Å². The third-order valence-electron chi connectivity index (χ3n) is 4.99. The van der Waals surface area contributed by atoms with E-state index in [1.807, 2.05) is 11.6 Å². The van der Waals surface area contributed by atoms with Crippen LogP contribution < -0.4 is 0 Å². The minimum Gasteiger partial charge on any atom is -0.469 e. The quantitative estimate of drug-likeness (QED) is 0.763. The fourth-order valence-corrected chi connectivity index (χ4v) is 3.58. The summed E-state index contributed by atoms with van der Waals surface area (Å²) in [5.74, 6) is 0.514. The molecule has 0 amide bonds. The Hall–Kier alpha value is -1.89. The Balaban J connectivity index is 1.60. The molecule has 0 spiro atoms. The number of rotatable bonds is 4. The lowest BCUT2D eigenvalue weighted by atomic mass is 9.74. The molecule has 1 aromatic heterocycles. The van der Waals surface area contributed by atoms with Crippen molar-refractivity contribution in [3.8, 4) is 0 Å². The van der Waals surface area contributed by atoms with Gasteiger partial charge in [0.1, 0.15) is 0 Å². The SMILES string of the molecule is COC(=O)c1nc2c(n1C)CN(CC1CC(C(=O)OC)C1)CC2. The number of ether oxygens (including phenoxy) is 2. The predicted octanol–water partition coefficient (Wildman–Crippen LogP) is 0.764. The van der Waals surface area contributed by atoms with Gasteiger partial charge in [-0.05, 0) is 18.8 Å². The van der Waals surface area contributed by atoms with Gasteiger partial charge in [0.15, 0.2) is 0 Å². The molecule has 0 saturated heterocycles. The van der Waals surface area contributed by atoms with E-state index >= 15 is 0 Å². The van der Waals surface area contributed by atoms with Crippen LogP contribution >= 0.6 is 0 Å². The molecule has 0 atom stereocenters. The lowest BCUT2D eigenvalue weighted by molar-refractivity contribution is -0.150. The normalized spacial score (nSPS) is 23.8. The highest BCUT2D eigenvalue weighted by molar-refractivity contribution is 5.85. The van der Waals surface area contributed by atoms with Gasteiger partial charge in [-0.15, -0.1) is 0 Å². The standard InChI is InChI=1S/C16H23N3O4/c1-18-13-9-19(8-10-6-11(7-10)15(20)22-2)5-4-12(13)17-14(18)16(21)23-3/h10-11H,4-9H2,1-3H3. The molecule has 0 bridgehead atoms. The smallest absolute Gasteiger partial charge is 0.374 e. The number of imidazole rings is 1. The van der Waals surface area contributed by atoms with E-state index in [4.69, 9.17) is 9.47 Å². The highest BCUT2D eigenvalue weighted by atomic mass is 16.5. The average Bonchev–Trinajstić information content (AvgIpc) is 2.86. The Morgan fingerprint density at radius 2 is 2.00 bits per heavy atom. The third-order valence-corrected chi connectivity index (χ3v) is 4.99. The van der Waals surface area contributed by atoms with Crippen LogP contribution in [0.3, 0.4) is 0 Å². The van der Waals surface area contributed by atoms with Crippen molar-refractivity contribution in [2.75, 3.05) is 27.3 Å². The molecule has 2 aliphatic rings. The van der Waals surface area contributed by atoms with E-state index < -0.39 is 5.97 Å². The molecule has 3 rings (SSSR count). The molecule has 0 radical (unpaired) electrons. The van der Waals surface area contributed by atoms with Gasteiger partial charge in [0.05, 0.1) is 31.5 Å². The Morgan fingerprint density at radius 3 is 2.65 bits per heavy atom. The average molecular weight is 321 g/mol. The topological polar surface area (TPSA) is 73.7 Å². The molecule has 1 saturated carbocycles. The molecule has 1 aliphatic carbocycles. The highest BCUT2D eigenvalue weighted by Crippen LogP contribution is 2.35. The molecular formula is C16H23N3O4. The maximum absolute atomic E-state index is 11.7. The van der Waals surface area contributed by atoms with Gasteiger partial charge in [0.2, 0.25) is 5.82 Å². The van der Waals surface area contributed by atoms with Crippen molar-refractivity contribution in [1.82, 2.24) is 14.5 Å². The summed E-state index contributed by atoms with van der Waals surface area (Å²) in [6.45, 7) is 2.70. The van der Waals surface area contributed by atoms with Crippen molar-refractivity contribution in [2.24, 2.45) is 18.9 Å². The molecule has 1 aliphatic heterocycles. The summed E-state index contributed by atoms with van der Waals surface area (Å²) in [6, 6.07) is 0. The second-order valence-corrected chi connectivity index (χ2v) is 6.42. The van der Waals surface area contributed by atoms with E-state index in [0.717, 1.165) is 50.3 Å². The van der Waals surface area contributed by atoms with E-state index in [9.17, 15) is 9.59 Å². The summed E-state index contributed by atoms with van der Waals surface area (Å²) in [5, 5.41) is 0. The lowest BCUT2D eigenvalue weighted by Crippen LogP contribution is -2.41. The van der Waals surface area contributed by atoms with Crippen LogP contribution in [0.2, 0.25) is 0 Å². The van der Waals surface area contributed by atoms with Crippen molar-refractivity contribution in [2.45, 2.75) is 25.8 Å². The predicted molar refractivity (Wildman–Crippen MR) is 81.8 cm³/mol. The molecular weight excluding hydrogens is 298 g/mol. The van der Waals surface area contributed by atoms with Crippen LogP contribution in [0.25, 0.3) is 0 Å². The van der Waals surface area contributed by atoms with Gasteiger partial charge < -0.3 is 14.0 Å². The molecule has 7 heteroatoms. The van der Waals surface area contributed by atoms with Gasteiger partial charge in [-0.1, -0.05) is 0 Å². The van der Waals surface area contributed by atoms with Crippen molar-refractivity contribution in [1.29, 1.82) is 0 Å². The molecule has 23 heavy (non-hydrogen) atoms. The fourth-order valence-electron chi connectivity index (χ4n) is 3.58. The molecule has 1 aromatic rings. The summed E-state index contributed by atoms with van der Waals surface area (Å²) >= 11 is 0. The van der Waals surface area contributed by atoms with Gasteiger partial charge in [-0.2, -0.15) is 0 Å². The largest absolute Gasteiger partial charge is 0.469 e. The second-order valence-electron chi connectivity index (χ2n) is 6.42. The molecule has 0 N–H and O–H groups in total. The molecule has 126 valence electrons. The summed E-state index contributed by atoms with van der Waals surface area (Å²) < 4.78 is 11.4. The molecule has 2 heterocycles. The van der Waals surface area contributed by atoms with Crippen LogP contribution in [-0.4, -0.2) is 53.7 Å². The Bertz CT molecular complexity index is 619. The number of aromatic nitrogens is 2. The lowest BCUT2D eigenvalue weighted by Gasteiger charge is -2.38. The number of nitrogens with zero attached hydrogens (tertiary/aromatic N) is 3. The van der Waals surface area contributed by atoms with Gasteiger partial charge >= 0.3 is 11.9 Å². The minimum absolute atomic E-state index is 0.0768. The Morgan fingerprint density at radius 1 is 1.26 bits per heavy atom. The molecule has 0 unspecified atom stereocenters. The first kappa shape index (κ1) is 16.0. The number of carbonyl (C=O) groups is 2. The zero-order chi connectivity index (χ0) is 16.6. The summed E-state index contributed by atoms with van der Waals surface area (Å²) in [5.41, 5.74) is 2.07. The summed E-state index contributed by atoms with van der Waals surface area (Å²) in [4.78, 5) is 30.0. The first-order valence-corrected chi connectivity index (χ1v) is 7.96. The summed E-state index contributed by atoms with van der Waals surface area (Å²) in [6.07, 6.45) is 2.66. The first-order valence-electron chi connectivity index (χ1n) is 7.96. The van der Waals surface area contributed by atoms with Crippen molar-refractivity contribution in [3.05, 3.63) is 17.2 Å². The van der Waals surface area contributed by atoms with E-state index in [1.165, 1.54) is 14.2 Å².